The maximum Gasteiger partial charge on any atom is 0.573 e. The predicted molar refractivity (Wildman–Crippen MR) is 60.9 cm³/mol. The van der Waals surface area contributed by atoms with Crippen LogP contribution >= 0.6 is 0 Å². The molecule has 0 saturated heterocycles. The zero-order valence-corrected chi connectivity index (χ0v) is 10.2. The van der Waals surface area contributed by atoms with Crippen LogP contribution in [0.1, 0.15) is 19.4 Å². The Labute approximate surface area is 103 Å². The van der Waals surface area contributed by atoms with Gasteiger partial charge in [-0.25, -0.2) is 0 Å². The van der Waals surface area contributed by atoms with Gasteiger partial charge in [-0.15, -0.1) is 13.2 Å². The summed E-state index contributed by atoms with van der Waals surface area (Å²) in [7, 11) is 0. The summed E-state index contributed by atoms with van der Waals surface area (Å²) in [5.41, 5.74) is 4.44. The molecule has 0 aromatic heterocycles. The quantitative estimate of drug-likeness (QED) is 0.877. The van der Waals surface area contributed by atoms with Gasteiger partial charge in [0.05, 0.1) is 0 Å². The van der Waals surface area contributed by atoms with Crippen molar-refractivity contribution < 1.29 is 23.0 Å². The third-order valence-electron chi connectivity index (χ3n) is 2.83. The Balaban J connectivity index is 3.08. The van der Waals surface area contributed by atoms with Crippen LogP contribution in [0.15, 0.2) is 24.3 Å². The topological polar surface area (TPSA) is 55.5 Å². The van der Waals surface area contributed by atoms with E-state index < -0.39 is 12.0 Å². The molecule has 0 aliphatic rings. The molecule has 3 N–H and O–H groups in total. The summed E-state index contributed by atoms with van der Waals surface area (Å²) in [6.07, 6.45) is -4.75. The number of benzene rings is 1. The maximum atomic E-state index is 12.1. The van der Waals surface area contributed by atoms with E-state index in [4.69, 9.17) is 5.73 Å². The molecule has 0 aliphatic heterocycles. The molecular weight excluding hydrogens is 247 g/mol. The smallest absolute Gasteiger partial charge is 0.406 e. The van der Waals surface area contributed by atoms with Crippen LogP contribution in [-0.2, 0) is 5.60 Å². The van der Waals surface area contributed by atoms with Gasteiger partial charge in [0.15, 0.2) is 0 Å². The van der Waals surface area contributed by atoms with Crippen LogP contribution in [0.4, 0.5) is 13.2 Å². The molecule has 1 unspecified atom stereocenters. The second-order valence-electron chi connectivity index (χ2n) is 4.36. The van der Waals surface area contributed by atoms with E-state index in [0.717, 1.165) is 6.07 Å². The van der Waals surface area contributed by atoms with Crippen molar-refractivity contribution >= 4 is 0 Å². The monoisotopic (exact) mass is 263 g/mol. The van der Waals surface area contributed by atoms with E-state index in [-0.39, 0.29) is 18.2 Å². The highest BCUT2D eigenvalue weighted by molar-refractivity contribution is 5.33. The molecule has 0 heterocycles. The lowest BCUT2D eigenvalue weighted by Crippen LogP contribution is -2.39. The lowest BCUT2D eigenvalue weighted by molar-refractivity contribution is -0.274. The highest BCUT2D eigenvalue weighted by Crippen LogP contribution is 2.32. The van der Waals surface area contributed by atoms with Crippen LogP contribution in [0.5, 0.6) is 5.75 Å². The first-order chi connectivity index (χ1) is 8.19. The van der Waals surface area contributed by atoms with E-state index in [0.29, 0.717) is 5.56 Å². The second-order valence-corrected chi connectivity index (χ2v) is 4.36. The molecule has 0 bridgehead atoms. The molecule has 1 atom stereocenters. The summed E-state index contributed by atoms with van der Waals surface area (Å²) < 4.78 is 40.1. The number of hydrogen-bond donors (Lipinski definition) is 2. The Morgan fingerprint density at radius 3 is 2.39 bits per heavy atom. The van der Waals surface area contributed by atoms with Gasteiger partial charge < -0.3 is 15.6 Å². The van der Waals surface area contributed by atoms with Crippen molar-refractivity contribution in [3.63, 3.8) is 0 Å². The summed E-state index contributed by atoms with van der Waals surface area (Å²) in [6.45, 7) is 3.40. The van der Waals surface area contributed by atoms with Gasteiger partial charge in [0.1, 0.15) is 11.4 Å². The summed E-state index contributed by atoms with van der Waals surface area (Å²) in [6, 6.07) is 5.24. The third kappa shape index (κ3) is 3.36. The number of rotatable bonds is 4. The summed E-state index contributed by atoms with van der Waals surface area (Å²) >= 11 is 0. The minimum absolute atomic E-state index is 0.0832. The first kappa shape index (κ1) is 14.8. The van der Waals surface area contributed by atoms with Crippen LogP contribution in [0, 0.1) is 5.92 Å². The highest BCUT2D eigenvalue weighted by Gasteiger charge is 2.34. The number of aliphatic hydroxyl groups is 1. The Morgan fingerprint density at radius 1 is 1.33 bits per heavy atom. The zero-order chi connectivity index (χ0) is 14.0. The molecule has 1 aromatic rings. The van der Waals surface area contributed by atoms with Crippen molar-refractivity contribution in [2.75, 3.05) is 6.54 Å². The molecule has 0 aliphatic carbocycles. The van der Waals surface area contributed by atoms with Crippen molar-refractivity contribution in [3.8, 4) is 5.75 Å². The van der Waals surface area contributed by atoms with Crippen LogP contribution in [0.2, 0.25) is 0 Å². The first-order valence-corrected chi connectivity index (χ1v) is 5.48. The molecule has 1 aromatic carbocycles. The van der Waals surface area contributed by atoms with Gasteiger partial charge in [-0.3, -0.25) is 0 Å². The molecule has 0 fully saturated rings. The van der Waals surface area contributed by atoms with Crippen molar-refractivity contribution in [2.24, 2.45) is 11.7 Å². The summed E-state index contributed by atoms with van der Waals surface area (Å²) in [5.74, 6) is -0.601. The van der Waals surface area contributed by atoms with E-state index in [1.54, 1.807) is 13.8 Å². The van der Waals surface area contributed by atoms with Crippen molar-refractivity contribution in [1.82, 2.24) is 0 Å². The standard InChI is InChI=1S/C12H16F3NO2/c1-8(2)11(17,7-16)9-4-3-5-10(6-9)18-12(13,14)15/h3-6,8,17H,7,16H2,1-2H3. The Kier molecular flexibility index (Phi) is 4.24. The number of hydrogen-bond acceptors (Lipinski definition) is 3. The fourth-order valence-electron chi connectivity index (χ4n) is 1.65. The molecule has 0 amide bonds. The summed E-state index contributed by atoms with van der Waals surface area (Å²) in [5, 5.41) is 10.3. The van der Waals surface area contributed by atoms with E-state index in [9.17, 15) is 18.3 Å². The van der Waals surface area contributed by atoms with Gasteiger partial charge in [0.2, 0.25) is 0 Å². The van der Waals surface area contributed by atoms with E-state index in [1.807, 2.05) is 0 Å². The number of alkyl halides is 3. The van der Waals surface area contributed by atoms with E-state index in [1.165, 1.54) is 18.2 Å². The van der Waals surface area contributed by atoms with Gasteiger partial charge in [0, 0.05) is 6.54 Å². The van der Waals surface area contributed by atoms with Crippen LogP contribution in [0.25, 0.3) is 0 Å². The third-order valence-corrected chi connectivity index (χ3v) is 2.83. The lowest BCUT2D eigenvalue weighted by atomic mass is 9.83. The number of ether oxygens (including phenoxy) is 1. The molecule has 0 saturated carbocycles. The molecule has 0 spiro atoms. The van der Waals surface area contributed by atoms with Crippen LogP contribution in [-0.4, -0.2) is 18.0 Å². The van der Waals surface area contributed by atoms with Gasteiger partial charge in [-0.05, 0) is 23.6 Å². The van der Waals surface area contributed by atoms with Crippen molar-refractivity contribution in [2.45, 2.75) is 25.8 Å². The van der Waals surface area contributed by atoms with E-state index >= 15 is 0 Å². The molecule has 0 radical (unpaired) electrons. The molecule has 6 heteroatoms. The van der Waals surface area contributed by atoms with Crippen LogP contribution in [0.3, 0.4) is 0 Å². The van der Waals surface area contributed by atoms with Gasteiger partial charge in [0.25, 0.3) is 0 Å². The number of nitrogens with two attached hydrogens (primary N) is 1. The van der Waals surface area contributed by atoms with Crippen molar-refractivity contribution in [3.05, 3.63) is 29.8 Å². The zero-order valence-electron chi connectivity index (χ0n) is 10.2. The van der Waals surface area contributed by atoms with E-state index in [2.05, 4.69) is 4.74 Å². The second kappa shape index (κ2) is 5.16. The fourth-order valence-corrected chi connectivity index (χ4v) is 1.65. The average Bonchev–Trinajstić information content (AvgIpc) is 2.25. The fraction of sp³-hybridized carbons (Fsp3) is 0.500. The molecule has 3 nitrogen and oxygen atoms in total. The molecule has 18 heavy (non-hydrogen) atoms. The maximum absolute atomic E-state index is 12.1. The molecule has 102 valence electrons. The molecule has 1 rings (SSSR count). The SMILES string of the molecule is CC(C)C(O)(CN)c1cccc(OC(F)(F)F)c1. The average molecular weight is 263 g/mol. The Bertz CT molecular complexity index is 407. The normalized spacial score (nSPS) is 15.6. The predicted octanol–water partition coefficient (Wildman–Crippen LogP) is 2.39. The number of halogens is 3. The Hall–Kier alpha value is -1.27. The van der Waals surface area contributed by atoms with Crippen molar-refractivity contribution in [1.29, 1.82) is 0 Å². The highest BCUT2D eigenvalue weighted by atomic mass is 19.4. The minimum Gasteiger partial charge on any atom is -0.406 e. The first-order valence-electron chi connectivity index (χ1n) is 5.48. The largest absolute Gasteiger partial charge is 0.573 e. The van der Waals surface area contributed by atoms with Gasteiger partial charge in [-0.2, -0.15) is 0 Å². The Morgan fingerprint density at radius 2 is 1.94 bits per heavy atom. The van der Waals surface area contributed by atoms with Crippen LogP contribution < -0.4 is 10.5 Å². The van der Waals surface area contributed by atoms with Gasteiger partial charge >= 0.3 is 6.36 Å². The lowest BCUT2D eigenvalue weighted by Gasteiger charge is -2.31. The summed E-state index contributed by atoms with van der Waals surface area (Å²) in [4.78, 5) is 0. The molecular formula is C12H16F3NO2. The van der Waals surface area contributed by atoms with Gasteiger partial charge in [-0.1, -0.05) is 26.0 Å². The minimum atomic E-state index is -4.75.